The van der Waals surface area contributed by atoms with Gasteiger partial charge in [-0.2, -0.15) is 5.10 Å². The Bertz CT molecular complexity index is 665. The van der Waals surface area contributed by atoms with Gasteiger partial charge in [0.2, 0.25) is 5.91 Å². The van der Waals surface area contributed by atoms with Gasteiger partial charge in [0.1, 0.15) is 0 Å². The SMILES string of the molecule is Cl.O=C(CN1CCN(C(=O)c2n[nH]c3c2CNCC3)CC1)N1CCCCC1. The van der Waals surface area contributed by atoms with Crippen LogP contribution in [0.2, 0.25) is 0 Å². The average Bonchev–Trinajstić information content (AvgIpc) is 3.13. The number of H-pyrrole nitrogens is 1. The van der Waals surface area contributed by atoms with Crippen LogP contribution in [0.4, 0.5) is 0 Å². The van der Waals surface area contributed by atoms with E-state index >= 15 is 0 Å². The summed E-state index contributed by atoms with van der Waals surface area (Å²) >= 11 is 0. The maximum atomic E-state index is 12.8. The van der Waals surface area contributed by atoms with E-state index in [1.165, 1.54) is 6.42 Å². The highest BCUT2D eigenvalue weighted by molar-refractivity contribution is 5.94. The van der Waals surface area contributed by atoms with Crippen LogP contribution in [0.3, 0.4) is 0 Å². The van der Waals surface area contributed by atoms with E-state index < -0.39 is 0 Å². The smallest absolute Gasteiger partial charge is 0.274 e. The number of piperidine rings is 1. The Kier molecular flexibility index (Phi) is 6.73. The van der Waals surface area contributed by atoms with Gasteiger partial charge in [-0.15, -0.1) is 12.4 Å². The molecule has 2 N–H and O–H groups in total. The number of fused-ring (bicyclic) bond motifs is 1. The number of aromatic amines is 1. The fourth-order valence-corrected chi connectivity index (χ4v) is 4.10. The van der Waals surface area contributed by atoms with E-state index in [2.05, 4.69) is 20.4 Å². The van der Waals surface area contributed by atoms with Crippen molar-refractivity contribution in [3.05, 3.63) is 17.0 Å². The normalized spacial score (nSPS) is 20.7. The quantitative estimate of drug-likeness (QED) is 0.765. The van der Waals surface area contributed by atoms with Crippen LogP contribution in [-0.4, -0.2) is 89.1 Å². The molecule has 150 valence electrons. The molecule has 0 radical (unpaired) electrons. The number of likely N-dealkylation sites (tertiary alicyclic amines) is 1. The van der Waals surface area contributed by atoms with Crippen molar-refractivity contribution in [3.63, 3.8) is 0 Å². The van der Waals surface area contributed by atoms with Gasteiger partial charge in [-0.05, 0) is 19.3 Å². The summed E-state index contributed by atoms with van der Waals surface area (Å²) in [6, 6.07) is 0. The summed E-state index contributed by atoms with van der Waals surface area (Å²) in [6.45, 7) is 6.70. The predicted molar refractivity (Wildman–Crippen MR) is 104 cm³/mol. The number of nitrogens with one attached hydrogen (secondary N) is 2. The summed E-state index contributed by atoms with van der Waals surface area (Å²) in [5.41, 5.74) is 2.66. The fraction of sp³-hybridized carbons (Fsp3) is 0.722. The number of piperazine rings is 1. The van der Waals surface area contributed by atoms with Crippen LogP contribution < -0.4 is 5.32 Å². The number of halogens is 1. The molecule has 1 aromatic heterocycles. The highest BCUT2D eigenvalue weighted by atomic mass is 35.5. The molecular weight excluding hydrogens is 368 g/mol. The number of carbonyl (C=O) groups excluding carboxylic acids is 2. The molecule has 4 rings (SSSR count). The monoisotopic (exact) mass is 396 g/mol. The Morgan fingerprint density at radius 3 is 2.44 bits per heavy atom. The van der Waals surface area contributed by atoms with Crippen molar-refractivity contribution in [1.29, 1.82) is 0 Å². The second-order valence-electron chi connectivity index (χ2n) is 7.47. The number of nitrogens with zero attached hydrogens (tertiary/aromatic N) is 4. The summed E-state index contributed by atoms with van der Waals surface area (Å²) in [5, 5.41) is 10.6. The zero-order valence-electron chi connectivity index (χ0n) is 15.7. The Morgan fingerprint density at radius 1 is 0.963 bits per heavy atom. The van der Waals surface area contributed by atoms with Gasteiger partial charge in [-0.1, -0.05) is 0 Å². The molecule has 2 amide bonds. The summed E-state index contributed by atoms with van der Waals surface area (Å²) in [6.07, 6.45) is 4.37. The Balaban J connectivity index is 0.00000210. The minimum absolute atomic E-state index is 0. The number of rotatable bonds is 3. The number of amides is 2. The lowest BCUT2D eigenvalue weighted by atomic mass is 10.1. The van der Waals surface area contributed by atoms with Gasteiger partial charge >= 0.3 is 0 Å². The van der Waals surface area contributed by atoms with Crippen molar-refractivity contribution >= 4 is 24.2 Å². The van der Waals surface area contributed by atoms with Gasteiger partial charge in [-0.3, -0.25) is 19.6 Å². The van der Waals surface area contributed by atoms with E-state index in [0.29, 0.717) is 31.9 Å². The fourth-order valence-electron chi connectivity index (χ4n) is 4.10. The first-order valence-corrected chi connectivity index (χ1v) is 9.78. The van der Waals surface area contributed by atoms with Crippen molar-refractivity contribution in [1.82, 2.24) is 30.2 Å². The lowest BCUT2D eigenvalue weighted by Gasteiger charge is -2.36. The molecule has 0 bridgehead atoms. The molecule has 0 atom stereocenters. The van der Waals surface area contributed by atoms with Gasteiger partial charge in [0, 0.05) is 70.0 Å². The van der Waals surface area contributed by atoms with Crippen molar-refractivity contribution in [3.8, 4) is 0 Å². The topological polar surface area (TPSA) is 84.6 Å². The lowest BCUT2D eigenvalue weighted by molar-refractivity contribution is -0.133. The molecular formula is C18H29ClN6O2. The predicted octanol–water partition coefficient (Wildman–Crippen LogP) is 0.248. The summed E-state index contributed by atoms with van der Waals surface area (Å²) in [4.78, 5) is 31.3. The van der Waals surface area contributed by atoms with Crippen molar-refractivity contribution in [2.45, 2.75) is 32.2 Å². The molecule has 4 heterocycles. The standard InChI is InChI=1S/C18H28N6O2.ClH/c25-16(23-6-2-1-3-7-23)13-22-8-10-24(11-9-22)18(26)17-14-12-19-5-4-15(14)20-21-17;/h19H,1-13H2,(H,20,21);1H. The van der Waals surface area contributed by atoms with Gasteiger partial charge in [0.05, 0.1) is 6.54 Å². The minimum Gasteiger partial charge on any atom is -0.342 e. The second kappa shape index (κ2) is 9.03. The van der Waals surface area contributed by atoms with Crippen LogP contribution >= 0.6 is 12.4 Å². The lowest BCUT2D eigenvalue weighted by Crippen LogP contribution is -2.52. The van der Waals surface area contributed by atoms with E-state index in [1.54, 1.807) is 0 Å². The molecule has 0 unspecified atom stereocenters. The highest BCUT2D eigenvalue weighted by Gasteiger charge is 2.29. The molecule has 2 saturated heterocycles. The number of hydrogen-bond acceptors (Lipinski definition) is 5. The average molecular weight is 397 g/mol. The molecule has 0 spiro atoms. The van der Waals surface area contributed by atoms with Crippen LogP contribution in [0.25, 0.3) is 0 Å². The Labute approximate surface area is 166 Å². The molecule has 8 nitrogen and oxygen atoms in total. The van der Waals surface area contributed by atoms with E-state index in [9.17, 15) is 9.59 Å². The van der Waals surface area contributed by atoms with Gasteiger partial charge < -0.3 is 15.1 Å². The van der Waals surface area contributed by atoms with Crippen LogP contribution in [0.1, 0.15) is 41.0 Å². The first-order valence-electron chi connectivity index (χ1n) is 9.78. The molecule has 9 heteroatoms. The third-order valence-corrected chi connectivity index (χ3v) is 5.74. The van der Waals surface area contributed by atoms with Crippen LogP contribution in [-0.2, 0) is 17.8 Å². The highest BCUT2D eigenvalue weighted by Crippen LogP contribution is 2.18. The summed E-state index contributed by atoms with van der Waals surface area (Å²) in [7, 11) is 0. The third kappa shape index (κ3) is 4.44. The molecule has 1 aromatic rings. The molecule has 2 fully saturated rings. The number of aromatic nitrogens is 2. The number of carbonyl (C=O) groups is 2. The van der Waals surface area contributed by atoms with Gasteiger partial charge in [-0.25, -0.2) is 0 Å². The maximum Gasteiger partial charge on any atom is 0.274 e. The first-order chi connectivity index (χ1) is 12.7. The molecule has 0 aliphatic carbocycles. The van der Waals surface area contributed by atoms with Crippen molar-refractivity contribution in [2.24, 2.45) is 0 Å². The zero-order chi connectivity index (χ0) is 17.9. The Hall–Kier alpha value is -1.64. The molecule has 0 aromatic carbocycles. The number of hydrogen-bond donors (Lipinski definition) is 2. The van der Waals surface area contributed by atoms with E-state index in [0.717, 1.165) is 63.2 Å². The molecule has 0 saturated carbocycles. The zero-order valence-corrected chi connectivity index (χ0v) is 16.5. The largest absolute Gasteiger partial charge is 0.342 e. The van der Waals surface area contributed by atoms with E-state index in [4.69, 9.17) is 0 Å². The van der Waals surface area contributed by atoms with Gasteiger partial charge in [0.15, 0.2) is 5.69 Å². The van der Waals surface area contributed by atoms with E-state index in [1.807, 2.05) is 9.80 Å². The summed E-state index contributed by atoms with van der Waals surface area (Å²) in [5.74, 6) is 0.241. The third-order valence-electron chi connectivity index (χ3n) is 5.74. The maximum absolute atomic E-state index is 12.8. The molecule has 3 aliphatic rings. The molecule has 3 aliphatic heterocycles. The minimum atomic E-state index is 0. The summed E-state index contributed by atoms with van der Waals surface area (Å²) < 4.78 is 0. The van der Waals surface area contributed by atoms with Gasteiger partial charge in [0.25, 0.3) is 5.91 Å². The van der Waals surface area contributed by atoms with Crippen LogP contribution in [0.15, 0.2) is 0 Å². The van der Waals surface area contributed by atoms with Crippen LogP contribution in [0, 0.1) is 0 Å². The first kappa shape index (κ1) is 20.1. The molecule has 27 heavy (non-hydrogen) atoms. The Morgan fingerprint density at radius 2 is 1.70 bits per heavy atom. The second-order valence-corrected chi connectivity index (χ2v) is 7.47. The van der Waals surface area contributed by atoms with Crippen molar-refractivity contribution in [2.75, 3.05) is 52.4 Å². The van der Waals surface area contributed by atoms with Crippen LogP contribution in [0.5, 0.6) is 0 Å². The van der Waals surface area contributed by atoms with E-state index in [-0.39, 0.29) is 24.2 Å². The van der Waals surface area contributed by atoms with Crippen molar-refractivity contribution < 1.29 is 9.59 Å².